The van der Waals surface area contributed by atoms with E-state index in [1.807, 2.05) is 4.90 Å². The second-order valence-corrected chi connectivity index (χ2v) is 9.18. The van der Waals surface area contributed by atoms with Crippen LogP contribution in [-0.2, 0) is 11.3 Å². The van der Waals surface area contributed by atoms with E-state index in [0.29, 0.717) is 35.3 Å². The number of rotatable bonds is 6. The van der Waals surface area contributed by atoms with Gasteiger partial charge >= 0.3 is 0 Å². The summed E-state index contributed by atoms with van der Waals surface area (Å²) in [6.45, 7) is 0.584. The molecule has 0 bridgehead atoms. The fourth-order valence-corrected chi connectivity index (χ4v) is 4.81. The molecule has 4 aromatic rings. The maximum absolute atomic E-state index is 15.0. The summed E-state index contributed by atoms with van der Waals surface area (Å²) in [5.41, 5.74) is 7.66. The van der Waals surface area contributed by atoms with E-state index in [9.17, 15) is 14.0 Å². The number of alkyl halides is 3. The van der Waals surface area contributed by atoms with E-state index in [4.69, 9.17) is 10.5 Å². The number of pyridine rings is 1. The van der Waals surface area contributed by atoms with Gasteiger partial charge in [0.1, 0.15) is 23.7 Å². The second kappa shape index (κ2) is 8.82. The monoisotopic (exact) mass is 513 g/mol. The third-order valence-corrected chi connectivity index (χ3v) is 6.84. The summed E-state index contributed by atoms with van der Waals surface area (Å²) in [7, 11) is 0. The number of aromatic nitrogens is 7. The fourth-order valence-electron chi connectivity index (χ4n) is 4.81. The Morgan fingerprint density at radius 1 is 1.27 bits per heavy atom. The molecule has 6 rings (SSSR count). The van der Waals surface area contributed by atoms with Crippen LogP contribution in [0.15, 0.2) is 24.4 Å². The van der Waals surface area contributed by atoms with Crippen molar-refractivity contribution in [2.45, 2.75) is 37.1 Å². The van der Waals surface area contributed by atoms with Crippen molar-refractivity contribution in [3.63, 3.8) is 0 Å². The Bertz CT molecular complexity index is 1510. The molecule has 2 aliphatic rings. The average Bonchev–Trinajstić information content (AvgIpc) is 3.44. The molecule has 0 aliphatic carbocycles. The molecule has 3 N–H and O–H groups in total. The summed E-state index contributed by atoms with van der Waals surface area (Å²) in [6, 6.07) is 6.77. The molecule has 0 spiro atoms. The minimum atomic E-state index is -2.60. The molecule has 2 atom stereocenters. The largest absolute Gasteiger partial charge is 0.382 e. The Hall–Kier alpha value is -4.03. The van der Waals surface area contributed by atoms with E-state index in [1.54, 1.807) is 24.4 Å². The molecular formula is C22H22F3N11O. The van der Waals surface area contributed by atoms with Crippen LogP contribution in [0.5, 0.6) is 0 Å². The zero-order valence-corrected chi connectivity index (χ0v) is 19.4. The summed E-state index contributed by atoms with van der Waals surface area (Å²) in [4.78, 5) is 10.6. The lowest BCUT2D eigenvalue weighted by Gasteiger charge is -2.48. The van der Waals surface area contributed by atoms with Crippen molar-refractivity contribution in [1.82, 2.24) is 39.5 Å². The third kappa shape index (κ3) is 3.98. The normalized spacial score (nSPS) is 21.8. The number of hydrogen-bond donors (Lipinski definition) is 2. The average molecular weight is 513 g/mol. The number of halogens is 3. The summed E-state index contributed by atoms with van der Waals surface area (Å²) in [6.07, 6.45) is -1.73. The van der Waals surface area contributed by atoms with E-state index in [0.717, 1.165) is 4.68 Å². The highest BCUT2D eigenvalue weighted by Crippen LogP contribution is 2.31. The molecule has 0 unspecified atom stereocenters. The maximum atomic E-state index is 15.0. The molecule has 12 nitrogen and oxygen atoms in total. The number of nitrogens with one attached hydrogen (secondary N) is 1. The Kier molecular flexibility index (Phi) is 5.57. The molecule has 2 saturated heterocycles. The maximum Gasteiger partial charge on any atom is 0.258 e. The smallest absolute Gasteiger partial charge is 0.258 e. The van der Waals surface area contributed by atoms with Gasteiger partial charge in [-0.15, -0.1) is 10.2 Å². The van der Waals surface area contributed by atoms with E-state index in [2.05, 4.69) is 36.8 Å². The molecule has 15 heteroatoms. The van der Waals surface area contributed by atoms with Gasteiger partial charge in [0, 0.05) is 24.8 Å². The molecule has 4 aromatic heterocycles. The highest BCUT2D eigenvalue weighted by atomic mass is 19.3. The molecule has 0 amide bonds. The van der Waals surface area contributed by atoms with Crippen LogP contribution in [0.4, 0.5) is 24.9 Å². The molecule has 6 heterocycles. The van der Waals surface area contributed by atoms with Crippen LogP contribution in [0.3, 0.4) is 0 Å². The van der Waals surface area contributed by atoms with E-state index < -0.39 is 30.7 Å². The van der Waals surface area contributed by atoms with E-state index in [1.165, 1.54) is 4.52 Å². The second-order valence-electron chi connectivity index (χ2n) is 9.18. The van der Waals surface area contributed by atoms with Gasteiger partial charge in [-0.25, -0.2) is 27.4 Å². The zero-order chi connectivity index (χ0) is 25.7. The zero-order valence-electron chi connectivity index (χ0n) is 19.4. The molecule has 2 fully saturated rings. The van der Waals surface area contributed by atoms with Crippen molar-refractivity contribution in [3.8, 4) is 17.3 Å². The third-order valence-electron chi connectivity index (χ3n) is 6.84. The molecule has 0 saturated carbocycles. The summed E-state index contributed by atoms with van der Waals surface area (Å²) in [5, 5.41) is 24.6. The van der Waals surface area contributed by atoms with E-state index in [-0.39, 0.29) is 37.2 Å². The Balaban J connectivity index is 1.24. The molecular weight excluding hydrogens is 491 g/mol. The number of hydrogen-bond acceptors (Lipinski definition) is 10. The van der Waals surface area contributed by atoms with Gasteiger partial charge in [0.25, 0.3) is 6.43 Å². The van der Waals surface area contributed by atoms with Gasteiger partial charge in [-0.05, 0) is 24.6 Å². The van der Waals surface area contributed by atoms with Gasteiger partial charge in [-0.2, -0.15) is 10.2 Å². The Morgan fingerprint density at radius 2 is 2.11 bits per heavy atom. The van der Waals surface area contributed by atoms with Crippen LogP contribution < -0.4 is 11.1 Å². The van der Waals surface area contributed by atoms with Gasteiger partial charge in [0.05, 0.1) is 31.0 Å². The van der Waals surface area contributed by atoms with Gasteiger partial charge < -0.3 is 15.8 Å². The van der Waals surface area contributed by atoms with Crippen molar-refractivity contribution < 1.29 is 17.9 Å². The van der Waals surface area contributed by atoms with Crippen LogP contribution in [0, 0.1) is 11.3 Å². The number of ether oxygens (including phenoxy) is 1. The van der Waals surface area contributed by atoms with Crippen molar-refractivity contribution in [2.24, 2.45) is 0 Å². The van der Waals surface area contributed by atoms with Crippen molar-refractivity contribution >= 4 is 28.4 Å². The first-order valence-corrected chi connectivity index (χ1v) is 11.7. The molecule has 192 valence electrons. The van der Waals surface area contributed by atoms with Crippen molar-refractivity contribution in [1.29, 1.82) is 5.26 Å². The summed E-state index contributed by atoms with van der Waals surface area (Å²) < 4.78 is 48.6. The van der Waals surface area contributed by atoms with Crippen LogP contribution in [-0.4, -0.2) is 90.0 Å². The topological polar surface area (TPSA) is 148 Å². The predicted octanol–water partition coefficient (Wildman–Crippen LogP) is 1.50. The lowest BCUT2D eigenvalue weighted by molar-refractivity contribution is -0.121. The first-order chi connectivity index (χ1) is 17.9. The van der Waals surface area contributed by atoms with Gasteiger partial charge in [-0.3, -0.25) is 4.90 Å². The van der Waals surface area contributed by atoms with Gasteiger partial charge in [-0.1, -0.05) is 5.21 Å². The van der Waals surface area contributed by atoms with E-state index >= 15 is 4.39 Å². The van der Waals surface area contributed by atoms with Crippen LogP contribution >= 0.6 is 0 Å². The Labute approximate surface area is 207 Å². The number of nitrogens with two attached hydrogens (primary N) is 1. The van der Waals surface area contributed by atoms with Crippen LogP contribution in [0.1, 0.15) is 6.42 Å². The number of anilines is 2. The van der Waals surface area contributed by atoms with Crippen molar-refractivity contribution in [3.05, 3.63) is 24.4 Å². The molecule has 37 heavy (non-hydrogen) atoms. The number of nitrogens with zero attached hydrogens (tertiary/aromatic N) is 9. The van der Waals surface area contributed by atoms with Gasteiger partial charge in [0.15, 0.2) is 17.0 Å². The minimum Gasteiger partial charge on any atom is -0.382 e. The number of fused-ring (bicyclic) bond motifs is 2. The van der Waals surface area contributed by atoms with Crippen LogP contribution in [0.25, 0.3) is 27.9 Å². The summed E-state index contributed by atoms with van der Waals surface area (Å²) in [5.74, 6) is 0.305. The number of piperidine rings is 1. The van der Waals surface area contributed by atoms with Crippen molar-refractivity contribution in [2.75, 3.05) is 37.4 Å². The first-order valence-electron chi connectivity index (χ1n) is 11.7. The summed E-state index contributed by atoms with van der Waals surface area (Å²) >= 11 is 0. The molecule has 0 aromatic carbocycles. The number of likely N-dealkylation sites (tertiary alicyclic amines) is 1. The predicted molar refractivity (Wildman–Crippen MR) is 125 cm³/mol. The number of nitriles is 1. The first kappa shape index (κ1) is 23.4. The van der Waals surface area contributed by atoms with Gasteiger partial charge in [0.2, 0.25) is 5.95 Å². The molecule has 0 radical (unpaired) electrons. The standard InChI is InChI=1S/C22H22F3N11O/c23-13-7-34(22(9-26)10-37-11-22)5-4-15(13)29-21-30-19(27)18-12(3-6-35(18)32-21)14-1-2-16-20(28-14)36(33-31-16)8-17(24)25/h1-3,6,13,15,17H,4-5,7-8,10-11H2,(H3,27,29,30,32)/t13-,15+/m1/s1. The SMILES string of the molecule is N#CC1(N2CC[C@H](Nc3nc(N)c4c(-c5ccc6nnn(CC(F)F)c6n5)ccn4n3)[C@H](F)C2)COC1. The lowest BCUT2D eigenvalue weighted by Crippen LogP contribution is -2.65. The fraction of sp³-hybridized carbons (Fsp3) is 0.455. The highest BCUT2D eigenvalue weighted by molar-refractivity contribution is 5.88. The highest BCUT2D eigenvalue weighted by Gasteiger charge is 2.48. The molecule has 2 aliphatic heterocycles. The minimum absolute atomic E-state index is 0.102. The number of nitrogen functional groups attached to an aromatic ring is 1. The van der Waals surface area contributed by atoms with Crippen LogP contribution in [0.2, 0.25) is 0 Å². The quantitative estimate of drug-likeness (QED) is 0.389. The lowest BCUT2D eigenvalue weighted by atomic mass is 9.92. The Morgan fingerprint density at radius 3 is 2.81 bits per heavy atom.